The van der Waals surface area contributed by atoms with Crippen LogP contribution in [-0.2, 0) is 4.74 Å². The molecule has 2 N–H and O–H groups in total. The molecule has 0 aliphatic carbocycles. The number of urea groups is 1. The number of para-hydroxylation sites is 1. The van der Waals surface area contributed by atoms with E-state index in [0.29, 0.717) is 22.5 Å². The quantitative estimate of drug-likeness (QED) is 0.681. The van der Waals surface area contributed by atoms with Crippen molar-refractivity contribution in [3.05, 3.63) is 59.4 Å². The number of ether oxygens (including phenoxy) is 1. The smallest absolute Gasteiger partial charge is 0.340 e. The lowest BCUT2D eigenvalue weighted by atomic mass is 10.2. The number of carbonyl (C=O) groups is 2. The van der Waals surface area contributed by atoms with Crippen LogP contribution in [0.25, 0.3) is 11.0 Å². The SMILES string of the molecule is CCOC(=O)c1ccccc1NC(=O)Nc1ccc2nc(C)c(C)nc2c1. The van der Waals surface area contributed by atoms with E-state index in [2.05, 4.69) is 20.6 Å². The van der Waals surface area contributed by atoms with Crippen LogP contribution in [0.5, 0.6) is 0 Å². The van der Waals surface area contributed by atoms with Crippen molar-refractivity contribution >= 4 is 34.4 Å². The first-order valence-electron chi connectivity index (χ1n) is 8.57. The lowest BCUT2D eigenvalue weighted by Crippen LogP contribution is -2.21. The molecular formula is C20H20N4O3. The largest absolute Gasteiger partial charge is 0.462 e. The summed E-state index contributed by atoms with van der Waals surface area (Å²) >= 11 is 0. The molecule has 0 saturated heterocycles. The van der Waals surface area contributed by atoms with Gasteiger partial charge in [-0.25, -0.2) is 19.6 Å². The van der Waals surface area contributed by atoms with Crippen molar-refractivity contribution in [2.24, 2.45) is 0 Å². The average Bonchev–Trinajstić information content (AvgIpc) is 2.63. The summed E-state index contributed by atoms with van der Waals surface area (Å²) in [7, 11) is 0. The molecule has 138 valence electrons. The molecule has 2 aromatic carbocycles. The van der Waals surface area contributed by atoms with Gasteiger partial charge in [0.05, 0.1) is 40.3 Å². The number of amides is 2. The molecule has 2 amide bonds. The van der Waals surface area contributed by atoms with Gasteiger partial charge in [0.2, 0.25) is 0 Å². The van der Waals surface area contributed by atoms with Gasteiger partial charge < -0.3 is 15.4 Å². The number of benzene rings is 2. The summed E-state index contributed by atoms with van der Waals surface area (Å²) < 4.78 is 5.01. The first-order valence-corrected chi connectivity index (χ1v) is 8.57. The van der Waals surface area contributed by atoms with Gasteiger partial charge in [-0.3, -0.25) is 0 Å². The molecule has 3 rings (SSSR count). The minimum Gasteiger partial charge on any atom is -0.462 e. The molecular weight excluding hydrogens is 344 g/mol. The van der Waals surface area contributed by atoms with E-state index in [0.717, 1.165) is 16.9 Å². The highest BCUT2D eigenvalue weighted by Gasteiger charge is 2.14. The summed E-state index contributed by atoms with van der Waals surface area (Å²) in [5.41, 5.74) is 4.42. The fourth-order valence-electron chi connectivity index (χ4n) is 2.57. The number of rotatable bonds is 4. The van der Waals surface area contributed by atoms with Crippen molar-refractivity contribution in [2.45, 2.75) is 20.8 Å². The molecule has 0 aliphatic rings. The number of aromatic nitrogens is 2. The van der Waals surface area contributed by atoms with Crippen molar-refractivity contribution in [1.29, 1.82) is 0 Å². The maximum atomic E-state index is 12.4. The molecule has 7 heteroatoms. The Labute approximate surface area is 156 Å². The van der Waals surface area contributed by atoms with Gasteiger partial charge in [0.25, 0.3) is 0 Å². The number of nitrogens with zero attached hydrogens (tertiary/aromatic N) is 2. The minimum atomic E-state index is -0.486. The van der Waals surface area contributed by atoms with E-state index in [9.17, 15) is 9.59 Å². The third kappa shape index (κ3) is 4.20. The maximum Gasteiger partial charge on any atom is 0.340 e. The van der Waals surface area contributed by atoms with Crippen LogP contribution in [0, 0.1) is 13.8 Å². The highest BCUT2D eigenvalue weighted by molar-refractivity contribution is 6.05. The van der Waals surface area contributed by atoms with Crippen molar-refractivity contribution in [2.75, 3.05) is 17.2 Å². The zero-order valence-corrected chi connectivity index (χ0v) is 15.4. The van der Waals surface area contributed by atoms with Gasteiger partial charge in [-0.15, -0.1) is 0 Å². The van der Waals surface area contributed by atoms with Crippen LogP contribution in [-0.4, -0.2) is 28.6 Å². The van der Waals surface area contributed by atoms with Crippen molar-refractivity contribution in [3.8, 4) is 0 Å². The Balaban J connectivity index is 1.78. The van der Waals surface area contributed by atoms with Crippen LogP contribution in [0.15, 0.2) is 42.5 Å². The average molecular weight is 364 g/mol. The Morgan fingerprint density at radius 3 is 2.41 bits per heavy atom. The van der Waals surface area contributed by atoms with Crippen molar-refractivity contribution in [3.63, 3.8) is 0 Å². The number of hydrogen-bond donors (Lipinski definition) is 2. The molecule has 27 heavy (non-hydrogen) atoms. The van der Waals surface area contributed by atoms with Gasteiger partial charge in [-0.1, -0.05) is 12.1 Å². The molecule has 0 radical (unpaired) electrons. The molecule has 1 heterocycles. The third-order valence-corrected chi connectivity index (χ3v) is 4.00. The molecule has 1 aromatic heterocycles. The maximum absolute atomic E-state index is 12.4. The zero-order chi connectivity index (χ0) is 19.4. The standard InChI is InChI=1S/C20H20N4O3/c1-4-27-19(25)15-7-5-6-8-16(15)24-20(26)23-14-9-10-17-18(11-14)22-13(3)12(2)21-17/h5-11H,4H2,1-3H3,(H2,23,24,26). The van der Waals surface area contributed by atoms with Gasteiger partial charge in [-0.2, -0.15) is 0 Å². The Bertz CT molecular complexity index is 1020. The summed E-state index contributed by atoms with van der Waals surface area (Å²) in [5, 5.41) is 5.42. The second-order valence-electron chi connectivity index (χ2n) is 5.94. The first kappa shape index (κ1) is 18.3. The molecule has 0 spiro atoms. The second kappa shape index (κ2) is 7.82. The number of nitrogens with one attached hydrogen (secondary N) is 2. The summed E-state index contributed by atoms with van der Waals surface area (Å²) in [4.78, 5) is 33.3. The van der Waals surface area contributed by atoms with Gasteiger partial charge in [0.15, 0.2) is 0 Å². The van der Waals surface area contributed by atoms with Crippen LogP contribution in [0.3, 0.4) is 0 Å². The topological polar surface area (TPSA) is 93.2 Å². The van der Waals surface area contributed by atoms with Gasteiger partial charge in [0.1, 0.15) is 0 Å². The summed E-state index contributed by atoms with van der Waals surface area (Å²) in [6.45, 7) is 5.78. The van der Waals surface area contributed by atoms with Crippen LogP contribution in [0.2, 0.25) is 0 Å². The molecule has 0 saturated carbocycles. The molecule has 0 aliphatic heterocycles. The molecule has 7 nitrogen and oxygen atoms in total. The predicted octanol–water partition coefficient (Wildman–Crippen LogP) is 4.07. The predicted molar refractivity (Wildman–Crippen MR) is 104 cm³/mol. The number of aryl methyl sites for hydroxylation is 2. The highest BCUT2D eigenvalue weighted by atomic mass is 16.5. The van der Waals surface area contributed by atoms with E-state index >= 15 is 0 Å². The van der Waals surface area contributed by atoms with E-state index in [1.807, 2.05) is 13.8 Å². The monoisotopic (exact) mass is 364 g/mol. The lowest BCUT2D eigenvalue weighted by molar-refractivity contribution is 0.0527. The van der Waals surface area contributed by atoms with Gasteiger partial charge >= 0.3 is 12.0 Å². The first-order chi connectivity index (χ1) is 13.0. The Morgan fingerprint density at radius 2 is 1.67 bits per heavy atom. The second-order valence-corrected chi connectivity index (χ2v) is 5.94. The van der Waals surface area contributed by atoms with Crippen molar-refractivity contribution in [1.82, 2.24) is 9.97 Å². The number of esters is 1. The Kier molecular flexibility index (Phi) is 5.30. The molecule has 3 aromatic rings. The van der Waals surface area contributed by atoms with Gasteiger partial charge in [0, 0.05) is 5.69 Å². The minimum absolute atomic E-state index is 0.260. The van der Waals surface area contributed by atoms with Crippen LogP contribution < -0.4 is 10.6 Å². The number of fused-ring (bicyclic) bond motifs is 1. The summed E-state index contributed by atoms with van der Waals surface area (Å²) in [6.07, 6.45) is 0. The van der Waals surface area contributed by atoms with Crippen LogP contribution >= 0.6 is 0 Å². The van der Waals surface area contributed by atoms with E-state index in [4.69, 9.17) is 4.74 Å². The Morgan fingerprint density at radius 1 is 0.963 bits per heavy atom. The van der Waals surface area contributed by atoms with Crippen LogP contribution in [0.4, 0.5) is 16.2 Å². The fraction of sp³-hybridized carbons (Fsp3) is 0.200. The molecule has 0 atom stereocenters. The highest BCUT2D eigenvalue weighted by Crippen LogP contribution is 2.19. The van der Waals surface area contributed by atoms with E-state index < -0.39 is 12.0 Å². The third-order valence-electron chi connectivity index (χ3n) is 4.00. The summed E-state index contributed by atoms with van der Waals surface area (Å²) in [5.74, 6) is -0.486. The van der Waals surface area contributed by atoms with E-state index in [1.54, 1.807) is 49.4 Å². The van der Waals surface area contributed by atoms with Crippen LogP contribution in [0.1, 0.15) is 28.7 Å². The number of hydrogen-bond acceptors (Lipinski definition) is 5. The lowest BCUT2D eigenvalue weighted by Gasteiger charge is -2.12. The number of carbonyl (C=O) groups excluding carboxylic acids is 2. The fourth-order valence-corrected chi connectivity index (χ4v) is 2.57. The van der Waals surface area contributed by atoms with Gasteiger partial charge in [-0.05, 0) is 51.1 Å². The molecule has 0 unspecified atom stereocenters. The normalized spacial score (nSPS) is 10.5. The van der Waals surface area contributed by atoms with E-state index in [-0.39, 0.29) is 6.61 Å². The van der Waals surface area contributed by atoms with Crippen molar-refractivity contribution < 1.29 is 14.3 Å². The molecule has 0 bridgehead atoms. The Hall–Kier alpha value is -3.48. The molecule has 0 fully saturated rings. The zero-order valence-electron chi connectivity index (χ0n) is 15.4. The number of anilines is 2. The van der Waals surface area contributed by atoms with E-state index in [1.165, 1.54) is 0 Å². The summed E-state index contributed by atoms with van der Waals surface area (Å²) in [6, 6.07) is 11.5.